The molecule has 0 unspecified atom stereocenters. The van der Waals surface area contributed by atoms with Gasteiger partial charge in [-0.25, -0.2) is 0 Å². The Bertz CT molecular complexity index is 1050. The number of nitrogens with one attached hydrogen (secondary N) is 1. The standard InChI is InChI=1S/C23H26N4O2/c1-17-10-13-26(14-11-17)19-8-6-18(7-9-19)25-23(29)12-15-27-21-5-3-2-4-20(21)22(28)16-24-27/h2-9,16-17H,10-15H2,1H3,(H,25,29). The van der Waals surface area contributed by atoms with Crippen molar-refractivity contribution in [3.05, 3.63) is 65.0 Å². The summed E-state index contributed by atoms with van der Waals surface area (Å²) in [5.74, 6) is 0.730. The fourth-order valence-electron chi connectivity index (χ4n) is 3.79. The molecule has 2 heterocycles. The lowest BCUT2D eigenvalue weighted by molar-refractivity contribution is -0.116. The number of aromatic nitrogens is 2. The first-order valence-corrected chi connectivity index (χ1v) is 10.2. The van der Waals surface area contributed by atoms with Gasteiger partial charge in [-0.1, -0.05) is 19.1 Å². The van der Waals surface area contributed by atoms with E-state index in [-0.39, 0.29) is 17.8 Å². The molecule has 3 aromatic rings. The summed E-state index contributed by atoms with van der Waals surface area (Å²) in [6, 6.07) is 15.4. The van der Waals surface area contributed by atoms with Crippen molar-refractivity contribution in [2.24, 2.45) is 5.92 Å². The van der Waals surface area contributed by atoms with E-state index in [4.69, 9.17) is 0 Å². The van der Waals surface area contributed by atoms with E-state index >= 15 is 0 Å². The number of carbonyl (C=O) groups excluding carboxylic acids is 1. The Morgan fingerprint density at radius 2 is 1.83 bits per heavy atom. The number of carbonyl (C=O) groups is 1. The van der Waals surface area contributed by atoms with Crippen LogP contribution < -0.4 is 15.6 Å². The van der Waals surface area contributed by atoms with Gasteiger partial charge in [-0.2, -0.15) is 5.10 Å². The van der Waals surface area contributed by atoms with E-state index in [0.717, 1.165) is 30.2 Å². The number of amides is 1. The zero-order valence-electron chi connectivity index (χ0n) is 16.7. The van der Waals surface area contributed by atoms with Gasteiger partial charge in [-0.3, -0.25) is 14.3 Å². The largest absolute Gasteiger partial charge is 0.372 e. The predicted octanol–water partition coefficient (Wildman–Crippen LogP) is 3.66. The maximum Gasteiger partial charge on any atom is 0.226 e. The molecule has 1 aromatic heterocycles. The van der Waals surface area contributed by atoms with Crippen LogP contribution in [0.1, 0.15) is 26.2 Å². The van der Waals surface area contributed by atoms with Gasteiger partial charge < -0.3 is 10.2 Å². The Kier molecular flexibility index (Phi) is 5.60. The third-order valence-electron chi connectivity index (χ3n) is 5.61. The second kappa shape index (κ2) is 8.47. The van der Waals surface area contributed by atoms with E-state index in [1.807, 2.05) is 30.3 Å². The lowest BCUT2D eigenvalue weighted by atomic mass is 9.99. The molecule has 150 valence electrons. The number of piperidine rings is 1. The molecular formula is C23H26N4O2. The molecule has 0 bridgehead atoms. The molecule has 4 rings (SSSR count). The number of fused-ring (bicyclic) bond motifs is 1. The zero-order valence-corrected chi connectivity index (χ0v) is 16.7. The molecule has 1 aliphatic heterocycles. The highest BCUT2D eigenvalue weighted by atomic mass is 16.1. The second-order valence-corrected chi connectivity index (χ2v) is 7.76. The minimum absolute atomic E-state index is 0.0749. The average Bonchev–Trinajstić information content (AvgIpc) is 2.75. The number of nitrogens with zero attached hydrogens (tertiary/aromatic N) is 3. The molecule has 0 spiro atoms. The lowest BCUT2D eigenvalue weighted by Crippen LogP contribution is -2.32. The number of hydrogen-bond acceptors (Lipinski definition) is 4. The predicted molar refractivity (Wildman–Crippen MR) is 116 cm³/mol. The number of para-hydroxylation sites is 1. The zero-order chi connectivity index (χ0) is 20.2. The van der Waals surface area contributed by atoms with Crippen molar-refractivity contribution in [2.75, 3.05) is 23.3 Å². The van der Waals surface area contributed by atoms with Gasteiger partial charge in [0.1, 0.15) is 0 Å². The van der Waals surface area contributed by atoms with Crippen LogP contribution >= 0.6 is 0 Å². The summed E-state index contributed by atoms with van der Waals surface area (Å²) in [6.07, 6.45) is 4.05. The lowest BCUT2D eigenvalue weighted by Gasteiger charge is -2.32. The van der Waals surface area contributed by atoms with Crippen molar-refractivity contribution in [3.63, 3.8) is 0 Å². The van der Waals surface area contributed by atoms with Crippen LogP contribution in [0.2, 0.25) is 0 Å². The summed E-state index contributed by atoms with van der Waals surface area (Å²) in [4.78, 5) is 26.7. The van der Waals surface area contributed by atoms with Crippen LogP contribution in [0.15, 0.2) is 59.5 Å². The van der Waals surface area contributed by atoms with Gasteiger partial charge in [0.2, 0.25) is 11.3 Å². The molecule has 0 aliphatic carbocycles. The number of anilines is 2. The Balaban J connectivity index is 1.36. The number of aryl methyl sites for hydroxylation is 1. The quantitative estimate of drug-likeness (QED) is 0.722. The van der Waals surface area contributed by atoms with E-state index in [1.165, 1.54) is 24.7 Å². The summed E-state index contributed by atoms with van der Waals surface area (Å²) in [6.45, 7) is 4.90. The molecule has 0 radical (unpaired) electrons. The molecule has 1 amide bonds. The van der Waals surface area contributed by atoms with Gasteiger partial charge in [-0.05, 0) is 55.2 Å². The van der Waals surface area contributed by atoms with Crippen molar-refractivity contribution < 1.29 is 4.79 Å². The maximum absolute atomic E-state index is 12.4. The van der Waals surface area contributed by atoms with Gasteiger partial charge in [0.25, 0.3) is 0 Å². The van der Waals surface area contributed by atoms with Crippen LogP contribution in [-0.4, -0.2) is 28.8 Å². The van der Waals surface area contributed by atoms with Crippen LogP contribution in [0.5, 0.6) is 0 Å². The molecule has 0 atom stereocenters. The normalized spacial score (nSPS) is 14.9. The molecule has 0 saturated carbocycles. The van der Waals surface area contributed by atoms with E-state index in [1.54, 1.807) is 10.7 Å². The monoisotopic (exact) mass is 390 g/mol. The summed E-state index contributed by atoms with van der Waals surface area (Å²) >= 11 is 0. The molecule has 6 nitrogen and oxygen atoms in total. The first kappa shape index (κ1) is 19.2. The highest BCUT2D eigenvalue weighted by molar-refractivity contribution is 5.91. The first-order chi connectivity index (χ1) is 14.1. The minimum Gasteiger partial charge on any atom is -0.372 e. The molecule has 6 heteroatoms. The Morgan fingerprint density at radius 3 is 2.59 bits per heavy atom. The van der Waals surface area contributed by atoms with Gasteiger partial charge in [0, 0.05) is 36.3 Å². The number of benzene rings is 2. The van der Waals surface area contributed by atoms with Gasteiger partial charge in [0.05, 0.1) is 18.3 Å². The average molecular weight is 390 g/mol. The SMILES string of the molecule is CC1CCN(c2ccc(NC(=O)CCn3ncc(=O)c4ccccc43)cc2)CC1. The van der Waals surface area contributed by atoms with E-state index < -0.39 is 0 Å². The Morgan fingerprint density at radius 1 is 1.10 bits per heavy atom. The van der Waals surface area contributed by atoms with Gasteiger partial charge >= 0.3 is 0 Å². The summed E-state index contributed by atoms with van der Waals surface area (Å²) in [7, 11) is 0. The minimum atomic E-state index is -0.107. The Hall–Kier alpha value is -3.15. The van der Waals surface area contributed by atoms with Crippen LogP contribution in [0, 0.1) is 5.92 Å². The summed E-state index contributed by atoms with van der Waals surface area (Å²) < 4.78 is 1.71. The topological polar surface area (TPSA) is 67.2 Å². The van der Waals surface area contributed by atoms with Gasteiger partial charge in [-0.15, -0.1) is 0 Å². The molecule has 29 heavy (non-hydrogen) atoms. The fourth-order valence-corrected chi connectivity index (χ4v) is 3.79. The number of hydrogen-bond donors (Lipinski definition) is 1. The third-order valence-corrected chi connectivity index (χ3v) is 5.61. The molecular weight excluding hydrogens is 364 g/mol. The molecule has 1 saturated heterocycles. The molecule has 1 fully saturated rings. The fraction of sp³-hybridized carbons (Fsp3) is 0.348. The molecule has 1 aliphatic rings. The Labute approximate surface area is 170 Å². The number of rotatable bonds is 5. The van der Waals surface area contributed by atoms with Crippen LogP contribution in [0.25, 0.3) is 10.9 Å². The second-order valence-electron chi connectivity index (χ2n) is 7.76. The third kappa shape index (κ3) is 4.47. The first-order valence-electron chi connectivity index (χ1n) is 10.2. The highest BCUT2D eigenvalue weighted by Crippen LogP contribution is 2.24. The molecule has 1 N–H and O–H groups in total. The van der Waals surface area contributed by atoms with Crippen molar-refractivity contribution in [3.8, 4) is 0 Å². The summed E-state index contributed by atoms with van der Waals surface area (Å²) in [5.41, 5.74) is 2.64. The highest BCUT2D eigenvalue weighted by Gasteiger charge is 2.16. The molecule has 2 aromatic carbocycles. The van der Waals surface area contributed by atoms with Crippen LogP contribution in [0.4, 0.5) is 11.4 Å². The van der Waals surface area contributed by atoms with E-state index in [0.29, 0.717) is 11.9 Å². The van der Waals surface area contributed by atoms with E-state index in [9.17, 15) is 9.59 Å². The van der Waals surface area contributed by atoms with Gasteiger partial charge in [0.15, 0.2) is 0 Å². The van der Waals surface area contributed by atoms with Crippen LogP contribution in [-0.2, 0) is 11.3 Å². The van der Waals surface area contributed by atoms with Crippen molar-refractivity contribution in [1.29, 1.82) is 0 Å². The maximum atomic E-state index is 12.4. The van der Waals surface area contributed by atoms with Crippen molar-refractivity contribution in [1.82, 2.24) is 9.78 Å². The smallest absolute Gasteiger partial charge is 0.226 e. The van der Waals surface area contributed by atoms with Crippen LogP contribution in [0.3, 0.4) is 0 Å². The van der Waals surface area contributed by atoms with E-state index in [2.05, 4.69) is 34.4 Å². The summed E-state index contributed by atoms with van der Waals surface area (Å²) in [5, 5.41) is 7.74. The van der Waals surface area contributed by atoms with Crippen molar-refractivity contribution >= 4 is 28.2 Å². The van der Waals surface area contributed by atoms with Crippen molar-refractivity contribution in [2.45, 2.75) is 32.7 Å².